The molecule has 1 aliphatic heterocycles. The van der Waals surface area contributed by atoms with Crippen LogP contribution in [0, 0.1) is 5.92 Å². The van der Waals surface area contributed by atoms with E-state index in [9.17, 15) is 9.59 Å². The highest BCUT2D eigenvalue weighted by Gasteiger charge is 2.25. The van der Waals surface area contributed by atoms with Gasteiger partial charge in [0.05, 0.1) is 5.69 Å². The fourth-order valence-corrected chi connectivity index (χ4v) is 2.49. The van der Waals surface area contributed by atoms with Crippen LogP contribution >= 0.6 is 0 Å². The number of carbonyl (C=O) groups is 1. The van der Waals surface area contributed by atoms with E-state index in [1.165, 1.54) is 6.07 Å². The Labute approximate surface area is 126 Å². The van der Waals surface area contributed by atoms with Gasteiger partial charge in [0.2, 0.25) is 11.3 Å². The Morgan fingerprint density at radius 2 is 2.09 bits per heavy atom. The van der Waals surface area contributed by atoms with E-state index >= 15 is 0 Å². The molecule has 4 rings (SSSR count). The van der Waals surface area contributed by atoms with E-state index < -0.39 is 0 Å². The molecular formula is C17H14N2O3. The van der Waals surface area contributed by atoms with Gasteiger partial charge in [-0.25, -0.2) is 4.98 Å². The van der Waals surface area contributed by atoms with Crippen molar-refractivity contribution < 1.29 is 9.21 Å². The molecule has 110 valence electrons. The maximum atomic E-state index is 12.1. The molecular weight excluding hydrogens is 280 g/mol. The first-order chi connectivity index (χ1) is 10.7. The zero-order chi connectivity index (χ0) is 15.1. The number of carbonyl (C=O) groups excluding carboxylic acids is 1. The number of aromatic nitrogens is 1. The third kappa shape index (κ3) is 2.45. The number of hydrogen-bond acceptors (Lipinski definition) is 4. The van der Waals surface area contributed by atoms with Gasteiger partial charge in [0.25, 0.3) is 0 Å². The number of amides is 1. The molecule has 2 aliphatic carbocycles. The summed E-state index contributed by atoms with van der Waals surface area (Å²) in [5.41, 5.74) is 1.89. The first-order valence-electron chi connectivity index (χ1n) is 7.32. The molecule has 5 heteroatoms. The Morgan fingerprint density at radius 3 is 2.91 bits per heavy atom. The fraction of sp³-hybridized carbons (Fsp3) is 0.235. The number of benzene rings is 2. The molecule has 0 atom stereocenters. The van der Waals surface area contributed by atoms with Crippen LogP contribution in [-0.4, -0.2) is 10.9 Å². The van der Waals surface area contributed by atoms with E-state index in [1.54, 1.807) is 12.1 Å². The molecule has 3 aliphatic rings. The van der Waals surface area contributed by atoms with Crippen molar-refractivity contribution in [1.82, 2.24) is 4.98 Å². The van der Waals surface area contributed by atoms with Crippen molar-refractivity contribution in [1.29, 1.82) is 0 Å². The molecule has 1 aromatic rings. The van der Waals surface area contributed by atoms with Crippen LogP contribution in [0.5, 0.6) is 0 Å². The predicted molar refractivity (Wildman–Crippen MR) is 82.9 cm³/mol. The van der Waals surface area contributed by atoms with Gasteiger partial charge in [-0.2, -0.15) is 0 Å². The van der Waals surface area contributed by atoms with Crippen molar-refractivity contribution in [3.05, 3.63) is 46.6 Å². The van der Waals surface area contributed by atoms with Crippen LogP contribution in [0.4, 0.5) is 5.69 Å². The quantitative estimate of drug-likeness (QED) is 0.754. The van der Waals surface area contributed by atoms with Crippen molar-refractivity contribution in [3.8, 4) is 11.5 Å². The summed E-state index contributed by atoms with van der Waals surface area (Å²) in [6.45, 7) is 0. The van der Waals surface area contributed by atoms with E-state index in [1.807, 2.05) is 18.2 Å². The van der Waals surface area contributed by atoms with Crippen molar-refractivity contribution in [3.63, 3.8) is 0 Å². The van der Waals surface area contributed by atoms with E-state index in [0.717, 1.165) is 12.8 Å². The molecule has 1 heterocycles. The van der Waals surface area contributed by atoms with Crippen molar-refractivity contribution >= 4 is 22.7 Å². The van der Waals surface area contributed by atoms with Crippen molar-refractivity contribution in [2.24, 2.45) is 5.92 Å². The fourth-order valence-electron chi connectivity index (χ4n) is 2.49. The summed E-state index contributed by atoms with van der Waals surface area (Å²) in [6, 6.07) is 10.3. The second-order valence-corrected chi connectivity index (χ2v) is 5.69. The van der Waals surface area contributed by atoms with Crippen molar-refractivity contribution in [2.45, 2.75) is 19.3 Å². The lowest BCUT2D eigenvalue weighted by Crippen LogP contribution is -2.18. The average molecular weight is 294 g/mol. The molecule has 1 fully saturated rings. The molecule has 0 spiro atoms. The molecule has 0 radical (unpaired) electrons. The number of nitrogens with one attached hydrogen (secondary N) is 1. The Kier molecular flexibility index (Phi) is 2.92. The molecule has 1 amide bonds. The maximum Gasteiger partial charge on any atom is 0.224 e. The van der Waals surface area contributed by atoms with Gasteiger partial charge in [0.1, 0.15) is 11.2 Å². The third-order valence-electron chi connectivity index (χ3n) is 3.83. The lowest BCUT2D eigenvalue weighted by molar-refractivity contribution is -0.116. The average Bonchev–Trinajstić information content (AvgIpc) is 3.30. The van der Waals surface area contributed by atoms with Gasteiger partial charge < -0.3 is 9.73 Å². The highest BCUT2D eigenvalue weighted by atomic mass is 16.3. The Morgan fingerprint density at radius 1 is 1.27 bits per heavy atom. The number of para-hydroxylation sites is 2. The van der Waals surface area contributed by atoms with Crippen LogP contribution in [0.3, 0.4) is 0 Å². The van der Waals surface area contributed by atoms with Crippen LogP contribution in [0.2, 0.25) is 0 Å². The molecule has 1 aromatic carbocycles. The van der Waals surface area contributed by atoms with E-state index in [4.69, 9.17) is 4.42 Å². The summed E-state index contributed by atoms with van der Waals surface area (Å²) in [6.07, 6.45) is 2.68. The summed E-state index contributed by atoms with van der Waals surface area (Å²) in [4.78, 5) is 28.4. The number of fused-ring (bicyclic) bond motifs is 2. The van der Waals surface area contributed by atoms with Crippen LogP contribution < -0.4 is 10.7 Å². The molecule has 0 aromatic heterocycles. The molecule has 22 heavy (non-hydrogen) atoms. The minimum Gasteiger partial charge on any atom is -0.453 e. The highest BCUT2D eigenvalue weighted by Crippen LogP contribution is 2.32. The zero-order valence-corrected chi connectivity index (χ0v) is 11.8. The molecule has 0 unspecified atom stereocenters. The van der Waals surface area contributed by atoms with Gasteiger partial charge in [-0.1, -0.05) is 12.1 Å². The SMILES string of the molecule is O=C(CC1CC1)Nc1cc2nc3ccccc3oc-2cc1=O. The van der Waals surface area contributed by atoms with E-state index in [0.29, 0.717) is 34.9 Å². The zero-order valence-electron chi connectivity index (χ0n) is 11.8. The molecule has 0 saturated heterocycles. The van der Waals surface area contributed by atoms with Gasteiger partial charge in [-0.3, -0.25) is 9.59 Å². The number of hydrogen-bond donors (Lipinski definition) is 1. The van der Waals surface area contributed by atoms with E-state index in [-0.39, 0.29) is 17.0 Å². The van der Waals surface area contributed by atoms with Gasteiger partial charge in [-0.05, 0) is 37.0 Å². The summed E-state index contributed by atoms with van der Waals surface area (Å²) in [7, 11) is 0. The Balaban J connectivity index is 1.74. The van der Waals surface area contributed by atoms with Crippen LogP contribution in [0.15, 0.2) is 45.6 Å². The summed E-state index contributed by atoms with van der Waals surface area (Å²) in [5, 5.41) is 2.69. The molecule has 0 bridgehead atoms. The standard InChI is InChI=1S/C17H14N2O3/c20-14-9-16-13(18-11-3-1-2-4-15(11)22-16)8-12(14)19-17(21)7-10-5-6-10/h1-4,8-10H,5-7H2,(H,19,21). The van der Waals surface area contributed by atoms with Crippen molar-refractivity contribution in [2.75, 3.05) is 5.32 Å². The lowest BCUT2D eigenvalue weighted by Gasteiger charge is -2.09. The third-order valence-corrected chi connectivity index (χ3v) is 3.83. The first-order valence-corrected chi connectivity index (χ1v) is 7.32. The first kappa shape index (κ1) is 13.0. The summed E-state index contributed by atoms with van der Waals surface area (Å²) >= 11 is 0. The highest BCUT2D eigenvalue weighted by molar-refractivity contribution is 5.92. The summed E-state index contributed by atoms with van der Waals surface area (Å²) < 4.78 is 5.69. The van der Waals surface area contributed by atoms with Gasteiger partial charge in [-0.15, -0.1) is 0 Å². The minimum atomic E-state index is -0.266. The predicted octanol–water partition coefficient (Wildman–Crippen LogP) is 3.03. The Hall–Kier alpha value is -2.69. The van der Waals surface area contributed by atoms with Gasteiger partial charge in [0, 0.05) is 12.5 Å². The maximum absolute atomic E-state index is 12.1. The van der Waals surface area contributed by atoms with Gasteiger partial charge in [0.15, 0.2) is 11.3 Å². The second kappa shape index (κ2) is 4.94. The largest absolute Gasteiger partial charge is 0.453 e. The normalized spacial score (nSPS) is 14.4. The Bertz CT molecular complexity index is 896. The van der Waals surface area contributed by atoms with Crippen LogP contribution in [0.1, 0.15) is 19.3 Å². The minimum absolute atomic E-state index is 0.114. The second-order valence-electron chi connectivity index (χ2n) is 5.69. The number of nitrogens with zero attached hydrogens (tertiary/aromatic N) is 1. The van der Waals surface area contributed by atoms with Crippen LogP contribution in [-0.2, 0) is 4.79 Å². The number of anilines is 1. The van der Waals surface area contributed by atoms with Gasteiger partial charge >= 0.3 is 0 Å². The molecule has 1 saturated carbocycles. The monoisotopic (exact) mass is 294 g/mol. The smallest absolute Gasteiger partial charge is 0.224 e. The summed E-state index contributed by atoms with van der Waals surface area (Å²) in [5.74, 6) is 0.785. The van der Waals surface area contributed by atoms with Crippen LogP contribution in [0.25, 0.3) is 22.6 Å². The topological polar surface area (TPSA) is 72.2 Å². The van der Waals surface area contributed by atoms with E-state index in [2.05, 4.69) is 10.3 Å². The number of rotatable bonds is 3. The lowest BCUT2D eigenvalue weighted by atomic mass is 10.2. The molecule has 5 nitrogen and oxygen atoms in total. The molecule has 1 N–H and O–H groups in total.